The van der Waals surface area contributed by atoms with E-state index in [0.717, 1.165) is 33.9 Å². The number of carboxylic acid groups (broad SMARTS) is 1. The molecule has 0 aliphatic carbocycles. The second-order valence-electron chi connectivity index (χ2n) is 6.92. The van der Waals surface area contributed by atoms with Gasteiger partial charge in [-0.2, -0.15) is 0 Å². The minimum atomic E-state index is -0.855. The Morgan fingerprint density at radius 2 is 1.66 bits per heavy atom. The number of benzene rings is 3. The molecule has 4 rings (SSSR count). The summed E-state index contributed by atoms with van der Waals surface area (Å²) in [5, 5.41) is 11.2. The summed E-state index contributed by atoms with van der Waals surface area (Å²) in [7, 11) is 0. The average molecular weight is 388 g/mol. The lowest BCUT2D eigenvalue weighted by Crippen LogP contribution is -2.03. The Labute approximate surface area is 167 Å². The highest BCUT2D eigenvalue weighted by molar-refractivity contribution is 6.04. The van der Waals surface area contributed by atoms with Crippen molar-refractivity contribution < 1.29 is 19.1 Å². The van der Waals surface area contributed by atoms with Gasteiger partial charge in [-0.15, -0.1) is 0 Å². The van der Waals surface area contributed by atoms with Gasteiger partial charge < -0.3 is 14.3 Å². The molecule has 29 heavy (non-hydrogen) atoms. The standard InChI is InChI=1S/C24H20O5/c1-2-17-12-20-18-5-3-4-6-19(18)24(27)29-22(20)13-21(17)28-14-16-9-7-15(8-10-16)11-23(25)26/h3-10,12-13H,2,11,14H2,1H3,(H,25,26). The predicted octanol–water partition coefficient (Wildman–Crippen LogP) is 4.71. The second kappa shape index (κ2) is 7.80. The van der Waals surface area contributed by atoms with Crippen LogP contribution in [0, 0.1) is 0 Å². The van der Waals surface area contributed by atoms with Crippen molar-refractivity contribution in [2.45, 2.75) is 26.4 Å². The van der Waals surface area contributed by atoms with Crippen LogP contribution in [0.25, 0.3) is 21.7 Å². The van der Waals surface area contributed by atoms with Crippen LogP contribution in [0.4, 0.5) is 0 Å². The van der Waals surface area contributed by atoms with Gasteiger partial charge in [0.05, 0.1) is 11.8 Å². The fourth-order valence-electron chi connectivity index (χ4n) is 3.45. The van der Waals surface area contributed by atoms with E-state index in [4.69, 9.17) is 14.3 Å². The number of aliphatic carboxylic acids is 1. The molecule has 0 aliphatic heterocycles. The van der Waals surface area contributed by atoms with Crippen LogP contribution in [0.3, 0.4) is 0 Å². The molecule has 1 heterocycles. The van der Waals surface area contributed by atoms with Gasteiger partial charge in [-0.1, -0.05) is 49.4 Å². The Morgan fingerprint density at radius 3 is 2.34 bits per heavy atom. The Balaban J connectivity index is 1.66. The summed E-state index contributed by atoms with van der Waals surface area (Å²) in [6.45, 7) is 2.39. The highest BCUT2D eigenvalue weighted by Gasteiger charge is 2.12. The molecule has 5 nitrogen and oxygen atoms in total. The van der Waals surface area contributed by atoms with Crippen LogP contribution in [0.5, 0.6) is 5.75 Å². The zero-order valence-electron chi connectivity index (χ0n) is 16.0. The molecule has 146 valence electrons. The summed E-state index contributed by atoms with van der Waals surface area (Å²) in [6, 6.07) is 18.5. The third kappa shape index (κ3) is 3.85. The molecule has 0 radical (unpaired) electrons. The zero-order valence-corrected chi connectivity index (χ0v) is 16.0. The van der Waals surface area contributed by atoms with Gasteiger partial charge >= 0.3 is 11.6 Å². The molecule has 0 saturated carbocycles. The Morgan fingerprint density at radius 1 is 0.966 bits per heavy atom. The first kappa shape index (κ1) is 18.7. The van der Waals surface area contributed by atoms with Gasteiger partial charge in [0.25, 0.3) is 0 Å². The maximum Gasteiger partial charge on any atom is 0.344 e. The molecule has 1 N–H and O–H groups in total. The number of ether oxygens (including phenoxy) is 1. The second-order valence-corrected chi connectivity index (χ2v) is 6.92. The van der Waals surface area contributed by atoms with Crippen molar-refractivity contribution in [1.82, 2.24) is 0 Å². The molecule has 0 fully saturated rings. The van der Waals surface area contributed by atoms with Crippen molar-refractivity contribution in [2.24, 2.45) is 0 Å². The Hall–Kier alpha value is -3.60. The van der Waals surface area contributed by atoms with E-state index >= 15 is 0 Å². The lowest BCUT2D eigenvalue weighted by molar-refractivity contribution is -0.136. The molecule has 0 aliphatic rings. The molecule has 0 atom stereocenters. The van der Waals surface area contributed by atoms with Crippen LogP contribution < -0.4 is 10.4 Å². The average Bonchev–Trinajstić information content (AvgIpc) is 2.72. The normalized spacial score (nSPS) is 11.1. The zero-order chi connectivity index (χ0) is 20.4. The van der Waals surface area contributed by atoms with Crippen molar-refractivity contribution in [2.75, 3.05) is 0 Å². The molecule has 4 aromatic rings. The van der Waals surface area contributed by atoms with Gasteiger partial charge in [0.2, 0.25) is 0 Å². The first-order chi connectivity index (χ1) is 14.0. The quantitative estimate of drug-likeness (QED) is 0.382. The largest absolute Gasteiger partial charge is 0.488 e. The van der Waals surface area contributed by atoms with Gasteiger partial charge in [-0.25, -0.2) is 4.79 Å². The lowest BCUT2D eigenvalue weighted by Gasteiger charge is -2.13. The third-order valence-electron chi connectivity index (χ3n) is 4.96. The number of hydrogen-bond donors (Lipinski definition) is 1. The van der Waals surface area contributed by atoms with E-state index in [1.807, 2.05) is 36.4 Å². The van der Waals surface area contributed by atoms with Crippen molar-refractivity contribution >= 4 is 27.7 Å². The maximum atomic E-state index is 12.3. The van der Waals surface area contributed by atoms with Crippen LogP contribution in [-0.2, 0) is 24.2 Å². The van der Waals surface area contributed by atoms with Gasteiger partial charge in [0.1, 0.15) is 17.9 Å². The fourth-order valence-corrected chi connectivity index (χ4v) is 3.45. The summed E-state index contributed by atoms with van der Waals surface area (Å²) < 4.78 is 11.5. The monoisotopic (exact) mass is 388 g/mol. The van der Waals surface area contributed by atoms with Crippen LogP contribution >= 0.6 is 0 Å². The SMILES string of the molecule is CCc1cc2c(cc1OCc1ccc(CC(=O)O)cc1)oc(=O)c1ccccc12. The Bertz CT molecular complexity index is 1250. The van der Waals surface area contributed by atoms with E-state index in [1.54, 1.807) is 24.3 Å². The molecule has 0 spiro atoms. The van der Waals surface area contributed by atoms with Crippen LogP contribution in [0.1, 0.15) is 23.6 Å². The van der Waals surface area contributed by atoms with Crippen molar-refractivity contribution in [3.05, 3.63) is 87.8 Å². The molecule has 0 bridgehead atoms. The fraction of sp³-hybridized carbons (Fsp3) is 0.167. The van der Waals surface area contributed by atoms with E-state index in [9.17, 15) is 9.59 Å². The number of hydrogen-bond acceptors (Lipinski definition) is 4. The van der Waals surface area contributed by atoms with Crippen molar-refractivity contribution in [3.63, 3.8) is 0 Å². The van der Waals surface area contributed by atoms with Crippen molar-refractivity contribution in [3.8, 4) is 5.75 Å². The van der Waals surface area contributed by atoms with E-state index in [-0.39, 0.29) is 12.0 Å². The van der Waals surface area contributed by atoms with Crippen LogP contribution in [0.2, 0.25) is 0 Å². The number of carboxylic acids is 1. The van der Waals surface area contributed by atoms with Crippen LogP contribution in [-0.4, -0.2) is 11.1 Å². The summed E-state index contributed by atoms with van der Waals surface area (Å²) in [4.78, 5) is 23.1. The molecule has 1 aromatic heterocycles. The highest BCUT2D eigenvalue weighted by atomic mass is 16.5. The number of carbonyl (C=O) groups is 1. The summed E-state index contributed by atoms with van der Waals surface area (Å²) in [5.74, 6) is -0.181. The van der Waals surface area contributed by atoms with Gasteiger partial charge in [-0.05, 0) is 40.6 Å². The molecule has 0 saturated heterocycles. The molecular formula is C24H20O5. The van der Waals surface area contributed by atoms with Gasteiger partial charge in [0.15, 0.2) is 0 Å². The smallest absolute Gasteiger partial charge is 0.344 e. The first-order valence-corrected chi connectivity index (χ1v) is 9.46. The first-order valence-electron chi connectivity index (χ1n) is 9.46. The van der Waals surface area contributed by atoms with E-state index in [0.29, 0.717) is 23.3 Å². The summed E-state index contributed by atoms with van der Waals surface area (Å²) in [5.41, 5.74) is 2.84. The highest BCUT2D eigenvalue weighted by Crippen LogP contribution is 2.30. The number of rotatable bonds is 6. The summed E-state index contributed by atoms with van der Waals surface area (Å²) >= 11 is 0. The minimum absolute atomic E-state index is 0.00121. The topological polar surface area (TPSA) is 76.7 Å². The molecule has 0 amide bonds. The van der Waals surface area contributed by atoms with Gasteiger partial charge in [0, 0.05) is 11.5 Å². The molecule has 3 aromatic carbocycles. The van der Waals surface area contributed by atoms with Crippen LogP contribution in [0.15, 0.2) is 69.9 Å². The number of aryl methyl sites for hydroxylation is 1. The van der Waals surface area contributed by atoms with E-state index in [1.165, 1.54) is 0 Å². The van der Waals surface area contributed by atoms with E-state index in [2.05, 4.69) is 6.92 Å². The summed E-state index contributed by atoms with van der Waals surface area (Å²) in [6.07, 6.45) is 0.773. The minimum Gasteiger partial charge on any atom is -0.488 e. The van der Waals surface area contributed by atoms with Crippen molar-refractivity contribution in [1.29, 1.82) is 0 Å². The molecular weight excluding hydrogens is 368 g/mol. The van der Waals surface area contributed by atoms with Gasteiger partial charge in [-0.3, -0.25) is 4.79 Å². The third-order valence-corrected chi connectivity index (χ3v) is 4.96. The lowest BCUT2D eigenvalue weighted by atomic mass is 10.0. The number of fused-ring (bicyclic) bond motifs is 3. The molecule has 0 unspecified atom stereocenters. The molecule has 5 heteroatoms. The maximum absolute atomic E-state index is 12.3. The Kier molecular flexibility index (Phi) is 5.04. The predicted molar refractivity (Wildman–Crippen MR) is 111 cm³/mol. The van der Waals surface area contributed by atoms with E-state index < -0.39 is 5.97 Å².